The van der Waals surface area contributed by atoms with Crippen molar-refractivity contribution in [1.29, 1.82) is 0 Å². The highest BCUT2D eigenvalue weighted by atomic mass is 16.3. The number of imidazole rings is 1. The van der Waals surface area contributed by atoms with Crippen LogP contribution in [0, 0.1) is 5.92 Å². The fraction of sp³-hybridized carbons (Fsp3) is 0.667. The average molecular weight is 360 g/mol. The van der Waals surface area contributed by atoms with Gasteiger partial charge in [0, 0.05) is 13.1 Å². The van der Waals surface area contributed by atoms with Crippen LogP contribution >= 0.6 is 0 Å². The Bertz CT molecular complexity index is 828. The minimum atomic E-state index is -1.06. The van der Waals surface area contributed by atoms with Gasteiger partial charge in [0.25, 0.3) is 0 Å². The molecule has 3 rings (SSSR count). The number of hydrogen-bond acceptors (Lipinski definition) is 3. The van der Waals surface area contributed by atoms with Crippen molar-refractivity contribution in [1.82, 2.24) is 9.13 Å². The first kappa shape index (κ1) is 19.2. The molecule has 26 heavy (non-hydrogen) atoms. The van der Waals surface area contributed by atoms with Crippen LogP contribution in [0.25, 0.3) is 11.0 Å². The van der Waals surface area contributed by atoms with Crippen LogP contribution in [0.5, 0.6) is 0 Å². The number of benzene rings is 1. The van der Waals surface area contributed by atoms with Gasteiger partial charge >= 0.3 is 5.69 Å². The zero-order chi connectivity index (χ0) is 19.1. The van der Waals surface area contributed by atoms with E-state index < -0.39 is 11.7 Å². The van der Waals surface area contributed by atoms with Crippen LogP contribution in [0.4, 0.5) is 0 Å². The van der Waals surface area contributed by atoms with Crippen molar-refractivity contribution in [3.8, 4) is 0 Å². The molecule has 3 unspecified atom stereocenters. The lowest BCUT2D eigenvalue weighted by atomic mass is 9.92. The third kappa shape index (κ3) is 3.60. The van der Waals surface area contributed by atoms with Crippen molar-refractivity contribution in [3.05, 3.63) is 34.2 Å². The number of nitrogens with zero attached hydrogens (tertiary/aromatic N) is 2. The van der Waals surface area contributed by atoms with Gasteiger partial charge in [0.1, 0.15) is 0 Å². The topological polar surface area (TPSA) is 67.4 Å². The third-order valence-electron chi connectivity index (χ3n) is 5.98. The number of aromatic nitrogens is 2. The standard InChI is InChI=1S/C21H32N2O3/c1-14(8-9-18(24)21(3,4)26)10-12-22-17-7-5-6-16-15(2)11-13-23(19(16)17)20(22)25/h5-7,14-15,18,24,26H,8-13H2,1-4H3. The molecular weight excluding hydrogens is 328 g/mol. The number of aliphatic hydroxyl groups excluding tert-OH is 1. The maximum atomic E-state index is 12.9. The van der Waals surface area contributed by atoms with E-state index in [-0.39, 0.29) is 5.69 Å². The van der Waals surface area contributed by atoms with Gasteiger partial charge in [-0.05, 0) is 63.0 Å². The molecule has 1 aliphatic heterocycles. The van der Waals surface area contributed by atoms with E-state index in [1.807, 2.05) is 9.13 Å². The number of aryl methyl sites for hydroxylation is 2. The van der Waals surface area contributed by atoms with Crippen LogP contribution in [0.2, 0.25) is 0 Å². The lowest BCUT2D eigenvalue weighted by molar-refractivity contribution is -0.0535. The Morgan fingerprint density at radius 3 is 2.69 bits per heavy atom. The van der Waals surface area contributed by atoms with E-state index in [1.165, 1.54) is 5.56 Å². The Labute approximate surface area is 155 Å². The summed E-state index contributed by atoms with van der Waals surface area (Å²) in [6.07, 6.45) is 2.59. The Balaban J connectivity index is 1.73. The number of hydrogen-bond donors (Lipinski definition) is 2. The second-order valence-electron chi connectivity index (χ2n) is 8.63. The maximum absolute atomic E-state index is 12.9. The molecule has 0 saturated carbocycles. The maximum Gasteiger partial charge on any atom is 0.329 e. The number of rotatable bonds is 7. The molecule has 5 heteroatoms. The molecule has 0 saturated heterocycles. The van der Waals surface area contributed by atoms with Gasteiger partial charge in [-0.2, -0.15) is 0 Å². The number of aliphatic hydroxyl groups is 2. The van der Waals surface area contributed by atoms with Gasteiger partial charge in [-0.1, -0.05) is 26.0 Å². The predicted octanol–water partition coefficient (Wildman–Crippen LogP) is 3.25. The van der Waals surface area contributed by atoms with Gasteiger partial charge in [0.2, 0.25) is 0 Å². The SMILES string of the molecule is CC(CCC(O)C(C)(C)O)CCn1c(=O)n2c3c(cccc31)C(C)CC2. The van der Waals surface area contributed by atoms with E-state index in [1.54, 1.807) is 13.8 Å². The Morgan fingerprint density at radius 1 is 1.27 bits per heavy atom. The molecule has 1 aromatic heterocycles. The fourth-order valence-corrected chi connectivity index (χ4v) is 3.99. The van der Waals surface area contributed by atoms with Crippen LogP contribution < -0.4 is 5.69 Å². The van der Waals surface area contributed by atoms with Crippen LogP contribution in [-0.2, 0) is 13.1 Å². The molecule has 5 nitrogen and oxygen atoms in total. The molecule has 0 amide bonds. The Morgan fingerprint density at radius 2 is 2.00 bits per heavy atom. The van der Waals surface area contributed by atoms with E-state index in [4.69, 9.17) is 0 Å². The summed E-state index contributed by atoms with van der Waals surface area (Å²) in [5.74, 6) is 0.876. The monoisotopic (exact) mass is 360 g/mol. The van der Waals surface area contributed by atoms with Crippen molar-refractivity contribution < 1.29 is 10.2 Å². The summed E-state index contributed by atoms with van der Waals surface area (Å²) in [6.45, 7) is 9.14. The first-order chi connectivity index (χ1) is 12.2. The van der Waals surface area contributed by atoms with Gasteiger partial charge in [0.15, 0.2) is 0 Å². The molecule has 1 aliphatic rings. The van der Waals surface area contributed by atoms with E-state index in [9.17, 15) is 15.0 Å². The summed E-state index contributed by atoms with van der Waals surface area (Å²) in [7, 11) is 0. The van der Waals surface area contributed by atoms with Gasteiger partial charge in [-0.25, -0.2) is 4.79 Å². The summed E-state index contributed by atoms with van der Waals surface area (Å²) in [5.41, 5.74) is 2.48. The lowest BCUT2D eigenvalue weighted by Crippen LogP contribution is -2.36. The van der Waals surface area contributed by atoms with Crippen molar-refractivity contribution >= 4 is 11.0 Å². The van der Waals surface area contributed by atoms with Crippen molar-refractivity contribution in [3.63, 3.8) is 0 Å². The highest BCUT2D eigenvalue weighted by Crippen LogP contribution is 2.32. The number of para-hydroxylation sites is 1. The van der Waals surface area contributed by atoms with Gasteiger partial charge in [0.05, 0.1) is 22.7 Å². The summed E-state index contributed by atoms with van der Waals surface area (Å²) in [5, 5.41) is 19.8. The largest absolute Gasteiger partial charge is 0.390 e. The Hall–Kier alpha value is -1.59. The summed E-state index contributed by atoms with van der Waals surface area (Å²) in [4.78, 5) is 12.9. The van der Waals surface area contributed by atoms with Crippen LogP contribution in [0.1, 0.15) is 64.9 Å². The first-order valence-corrected chi connectivity index (χ1v) is 9.82. The molecule has 0 spiro atoms. The van der Waals surface area contributed by atoms with Crippen LogP contribution in [-0.4, -0.2) is 31.1 Å². The van der Waals surface area contributed by atoms with Gasteiger partial charge in [-0.3, -0.25) is 9.13 Å². The lowest BCUT2D eigenvalue weighted by Gasteiger charge is -2.25. The highest BCUT2D eigenvalue weighted by molar-refractivity contribution is 5.81. The quantitative estimate of drug-likeness (QED) is 0.796. The highest BCUT2D eigenvalue weighted by Gasteiger charge is 2.25. The molecule has 0 radical (unpaired) electrons. The summed E-state index contributed by atoms with van der Waals surface area (Å²) in [6, 6.07) is 6.26. The van der Waals surface area contributed by atoms with Crippen molar-refractivity contribution in [2.24, 2.45) is 5.92 Å². The molecule has 0 aliphatic carbocycles. The van der Waals surface area contributed by atoms with E-state index >= 15 is 0 Å². The van der Waals surface area contributed by atoms with Gasteiger partial charge < -0.3 is 10.2 Å². The molecule has 2 aromatic rings. The van der Waals surface area contributed by atoms with E-state index in [0.29, 0.717) is 24.8 Å². The summed E-state index contributed by atoms with van der Waals surface area (Å²) >= 11 is 0. The van der Waals surface area contributed by atoms with Crippen LogP contribution in [0.15, 0.2) is 23.0 Å². The third-order valence-corrected chi connectivity index (χ3v) is 5.98. The molecule has 3 atom stereocenters. The molecule has 2 N–H and O–H groups in total. The van der Waals surface area contributed by atoms with E-state index in [0.717, 1.165) is 36.8 Å². The Kier molecular flexibility index (Phi) is 5.31. The second kappa shape index (κ2) is 7.20. The van der Waals surface area contributed by atoms with Crippen molar-refractivity contribution in [2.75, 3.05) is 0 Å². The molecule has 0 bridgehead atoms. The minimum absolute atomic E-state index is 0.100. The smallest absolute Gasteiger partial charge is 0.329 e. The predicted molar refractivity (Wildman–Crippen MR) is 105 cm³/mol. The average Bonchev–Trinajstić information content (AvgIpc) is 2.86. The minimum Gasteiger partial charge on any atom is -0.390 e. The van der Waals surface area contributed by atoms with Crippen molar-refractivity contribution in [2.45, 2.75) is 84.1 Å². The molecule has 1 aromatic carbocycles. The zero-order valence-electron chi connectivity index (χ0n) is 16.4. The molecule has 0 fully saturated rings. The van der Waals surface area contributed by atoms with E-state index in [2.05, 4.69) is 32.0 Å². The second-order valence-corrected chi connectivity index (χ2v) is 8.63. The van der Waals surface area contributed by atoms with Crippen LogP contribution in [0.3, 0.4) is 0 Å². The molecular formula is C21H32N2O3. The first-order valence-electron chi connectivity index (χ1n) is 9.82. The normalized spacial score (nSPS) is 19.7. The fourth-order valence-electron chi connectivity index (χ4n) is 3.99. The van der Waals surface area contributed by atoms with Gasteiger partial charge in [-0.15, -0.1) is 0 Å². The molecule has 2 heterocycles. The molecule has 144 valence electrons. The summed E-state index contributed by atoms with van der Waals surface area (Å²) < 4.78 is 3.85. The zero-order valence-corrected chi connectivity index (χ0v) is 16.4.